The summed E-state index contributed by atoms with van der Waals surface area (Å²) in [5, 5.41) is 6.49. The third-order valence-corrected chi connectivity index (χ3v) is 5.47. The molecule has 2 N–H and O–H groups in total. The Labute approximate surface area is 162 Å². The molecule has 2 aromatic carbocycles. The Bertz CT molecular complexity index is 796. The SMILES string of the molecule is CN=C(NCCc1ccc2c(c1)OCO2)NCCS(=O)Cc1ccccc1. The molecule has 0 saturated heterocycles. The third-order valence-electron chi connectivity index (χ3n) is 4.16. The molecule has 0 aromatic heterocycles. The summed E-state index contributed by atoms with van der Waals surface area (Å²) in [5.41, 5.74) is 2.27. The predicted molar refractivity (Wildman–Crippen MR) is 109 cm³/mol. The van der Waals surface area contributed by atoms with Gasteiger partial charge in [-0.1, -0.05) is 36.4 Å². The van der Waals surface area contributed by atoms with Gasteiger partial charge >= 0.3 is 0 Å². The van der Waals surface area contributed by atoms with Gasteiger partial charge in [-0.05, 0) is 29.7 Å². The number of ether oxygens (including phenoxy) is 2. The molecule has 1 aliphatic rings. The van der Waals surface area contributed by atoms with Crippen LogP contribution in [0.15, 0.2) is 53.5 Å². The number of hydrogen-bond donors (Lipinski definition) is 2. The topological polar surface area (TPSA) is 72.0 Å². The van der Waals surface area contributed by atoms with E-state index >= 15 is 0 Å². The van der Waals surface area contributed by atoms with Crippen molar-refractivity contribution in [3.63, 3.8) is 0 Å². The fraction of sp³-hybridized carbons (Fsp3) is 0.350. The maximum absolute atomic E-state index is 12.2. The number of rotatable bonds is 8. The van der Waals surface area contributed by atoms with Gasteiger partial charge in [0.2, 0.25) is 6.79 Å². The molecule has 0 aliphatic carbocycles. The molecule has 3 rings (SSSR count). The molecule has 144 valence electrons. The summed E-state index contributed by atoms with van der Waals surface area (Å²) in [4.78, 5) is 4.21. The number of nitrogens with zero attached hydrogens (tertiary/aromatic N) is 1. The standard InChI is InChI=1S/C20H25N3O3S/c1-21-20(23-11-12-27(24)14-17-5-3-2-4-6-17)22-10-9-16-7-8-18-19(13-16)26-15-25-18/h2-8,13H,9-12,14-15H2,1H3,(H2,21,22,23). The first-order valence-electron chi connectivity index (χ1n) is 8.96. The van der Waals surface area contributed by atoms with E-state index in [2.05, 4.69) is 15.6 Å². The second kappa shape index (κ2) is 9.97. The van der Waals surface area contributed by atoms with Gasteiger partial charge in [-0.15, -0.1) is 0 Å². The van der Waals surface area contributed by atoms with Gasteiger partial charge in [0.25, 0.3) is 0 Å². The van der Waals surface area contributed by atoms with Crippen molar-refractivity contribution in [3.8, 4) is 11.5 Å². The molecular formula is C20H25N3O3S. The highest BCUT2D eigenvalue weighted by Gasteiger charge is 2.13. The average Bonchev–Trinajstić information content (AvgIpc) is 3.15. The zero-order valence-corrected chi connectivity index (χ0v) is 16.3. The van der Waals surface area contributed by atoms with Crippen LogP contribution in [0.2, 0.25) is 0 Å². The second-order valence-corrected chi connectivity index (χ2v) is 7.71. The molecule has 0 fully saturated rings. The third kappa shape index (κ3) is 5.99. The van der Waals surface area contributed by atoms with Gasteiger partial charge in [0.05, 0.1) is 0 Å². The van der Waals surface area contributed by atoms with Crippen molar-refractivity contribution in [2.45, 2.75) is 12.2 Å². The predicted octanol–water partition coefficient (Wildman–Crippen LogP) is 2.07. The summed E-state index contributed by atoms with van der Waals surface area (Å²) in [6, 6.07) is 15.9. The van der Waals surface area contributed by atoms with Gasteiger partial charge < -0.3 is 20.1 Å². The normalized spacial score (nSPS) is 14.0. The van der Waals surface area contributed by atoms with Gasteiger partial charge in [-0.2, -0.15) is 0 Å². The van der Waals surface area contributed by atoms with Crippen molar-refractivity contribution in [2.75, 3.05) is 32.7 Å². The van der Waals surface area contributed by atoms with E-state index < -0.39 is 10.8 Å². The molecule has 6 nitrogen and oxygen atoms in total. The Morgan fingerprint density at radius 1 is 1.04 bits per heavy atom. The number of guanidine groups is 1. The molecule has 1 heterocycles. The molecular weight excluding hydrogens is 362 g/mol. The zero-order valence-electron chi connectivity index (χ0n) is 15.4. The Morgan fingerprint density at radius 3 is 2.63 bits per heavy atom. The fourth-order valence-electron chi connectivity index (χ4n) is 2.76. The van der Waals surface area contributed by atoms with Gasteiger partial charge in [0, 0.05) is 42.4 Å². The highest BCUT2D eigenvalue weighted by molar-refractivity contribution is 7.84. The molecule has 0 radical (unpaired) electrons. The van der Waals surface area contributed by atoms with Gasteiger partial charge in [-0.3, -0.25) is 9.20 Å². The Morgan fingerprint density at radius 2 is 1.81 bits per heavy atom. The molecule has 2 aromatic rings. The summed E-state index contributed by atoms with van der Waals surface area (Å²) in [7, 11) is 0.837. The lowest BCUT2D eigenvalue weighted by atomic mass is 10.1. The summed E-state index contributed by atoms with van der Waals surface area (Å²) in [5.74, 6) is 3.48. The molecule has 7 heteroatoms. The largest absolute Gasteiger partial charge is 0.454 e. The van der Waals surface area contributed by atoms with Crippen molar-refractivity contribution in [3.05, 3.63) is 59.7 Å². The number of nitrogens with one attached hydrogen (secondary N) is 2. The smallest absolute Gasteiger partial charge is 0.231 e. The van der Waals surface area contributed by atoms with E-state index in [1.807, 2.05) is 48.5 Å². The maximum atomic E-state index is 12.2. The second-order valence-electron chi connectivity index (χ2n) is 6.14. The van der Waals surface area contributed by atoms with E-state index in [9.17, 15) is 4.21 Å². The van der Waals surface area contributed by atoms with Gasteiger partial charge in [-0.25, -0.2) is 0 Å². The van der Waals surface area contributed by atoms with E-state index in [1.54, 1.807) is 7.05 Å². The molecule has 1 atom stereocenters. The Hall–Kier alpha value is -2.54. The van der Waals surface area contributed by atoms with Crippen LogP contribution in [-0.2, 0) is 23.0 Å². The summed E-state index contributed by atoms with van der Waals surface area (Å²) in [6.07, 6.45) is 0.845. The van der Waals surface area contributed by atoms with Crippen LogP contribution in [-0.4, -0.2) is 42.9 Å². The van der Waals surface area contributed by atoms with Crippen molar-refractivity contribution in [1.29, 1.82) is 0 Å². The van der Waals surface area contributed by atoms with Crippen molar-refractivity contribution >= 4 is 16.8 Å². The minimum absolute atomic E-state index is 0.291. The van der Waals surface area contributed by atoms with Crippen LogP contribution in [0.3, 0.4) is 0 Å². The van der Waals surface area contributed by atoms with Crippen LogP contribution < -0.4 is 20.1 Å². The molecule has 1 aliphatic heterocycles. The molecule has 0 saturated carbocycles. The van der Waals surface area contributed by atoms with Crippen molar-refractivity contribution < 1.29 is 13.7 Å². The first kappa shape index (κ1) is 19.2. The first-order chi connectivity index (χ1) is 13.2. The van der Waals surface area contributed by atoms with Crippen LogP contribution in [0.5, 0.6) is 11.5 Å². The van der Waals surface area contributed by atoms with E-state index in [1.165, 1.54) is 5.56 Å². The zero-order chi connectivity index (χ0) is 18.9. The maximum Gasteiger partial charge on any atom is 0.231 e. The fourth-order valence-corrected chi connectivity index (χ4v) is 3.80. The highest BCUT2D eigenvalue weighted by atomic mass is 32.2. The highest BCUT2D eigenvalue weighted by Crippen LogP contribution is 2.32. The summed E-state index contributed by atoms with van der Waals surface area (Å²) < 4.78 is 22.9. The molecule has 1 unspecified atom stereocenters. The van der Waals surface area contributed by atoms with Gasteiger partial charge in [0.1, 0.15) is 0 Å². The van der Waals surface area contributed by atoms with Crippen LogP contribution in [0, 0.1) is 0 Å². The van der Waals surface area contributed by atoms with Gasteiger partial charge in [0.15, 0.2) is 17.5 Å². The Kier molecular flexibility index (Phi) is 7.10. The quantitative estimate of drug-likeness (QED) is 0.536. The van der Waals surface area contributed by atoms with E-state index in [-0.39, 0.29) is 0 Å². The monoisotopic (exact) mass is 387 g/mol. The summed E-state index contributed by atoms with van der Waals surface area (Å²) in [6.45, 7) is 1.65. The number of aliphatic imine (C=N–C) groups is 1. The molecule has 0 bridgehead atoms. The van der Waals surface area contributed by atoms with Crippen LogP contribution in [0.1, 0.15) is 11.1 Å². The Balaban J connectivity index is 1.35. The van der Waals surface area contributed by atoms with E-state index in [4.69, 9.17) is 9.47 Å². The lowest BCUT2D eigenvalue weighted by Crippen LogP contribution is -2.40. The molecule has 27 heavy (non-hydrogen) atoms. The van der Waals surface area contributed by atoms with E-state index in [0.29, 0.717) is 30.8 Å². The minimum Gasteiger partial charge on any atom is -0.454 e. The lowest BCUT2D eigenvalue weighted by molar-refractivity contribution is 0.174. The number of benzene rings is 2. The molecule has 0 spiro atoms. The number of fused-ring (bicyclic) bond motifs is 1. The van der Waals surface area contributed by atoms with Crippen LogP contribution in [0.4, 0.5) is 0 Å². The van der Waals surface area contributed by atoms with Crippen LogP contribution in [0.25, 0.3) is 0 Å². The lowest BCUT2D eigenvalue weighted by Gasteiger charge is -2.12. The van der Waals surface area contributed by atoms with Crippen LogP contribution >= 0.6 is 0 Å². The van der Waals surface area contributed by atoms with E-state index in [0.717, 1.165) is 30.0 Å². The average molecular weight is 388 g/mol. The summed E-state index contributed by atoms with van der Waals surface area (Å²) >= 11 is 0. The van der Waals surface area contributed by atoms with Crippen molar-refractivity contribution in [2.24, 2.45) is 4.99 Å². The minimum atomic E-state index is -0.896. The number of hydrogen-bond acceptors (Lipinski definition) is 4. The van der Waals surface area contributed by atoms with Crippen molar-refractivity contribution in [1.82, 2.24) is 10.6 Å². The first-order valence-corrected chi connectivity index (χ1v) is 10.5. The molecule has 0 amide bonds.